The van der Waals surface area contributed by atoms with E-state index in [2.05, 4.69) is 31.9 Å². The maximum Gasteiger partial charge on any atom is 0.321 e. The molecule has 0 N–H and O–H groups in total. The van der Waals surface area contributed by atoms with Crippen LogP contribution in [0.3, 0.4) is 0 Å². The van der Waals surface area contributed by atoms with Gasteiger partial charge in [-0.15, -0.1) is 0 Å². The molecular weight excluding hydrogens is 708 g/mol. The average Bonchev–Trinajstić information content (AvgIpc) is 3.06. The monoisotopic (exact) mass is 736 g/mol. The van der Waals surface area contributed by atoms with Crippen LogP contribution in [0.25, 0.3) is 0 Å². The number of esters is 4. The van der Waals surface area contributed by atoms with Crippen LogP contribution in [0.2, 0.25) is 0 Å². The summed E-state index contributed by atoms with van der Waals surface area (Å²) in [6, 6.07) is 31.9. The summed E-state index contributed by atoms with van der Waals surface area (Å²) >= 11 is 6.72. The quantitative estimate of drug-likeness (QED) is 0.0767. The summed E-state index contributed by atoms with van der Waals surface area (Å²) in [6.45, 7) is -0.538. The second-order valence-electron chi connectivity index (χ2n) is 10.00. The molecule has 0 aliphatic carbocycles. The maximum atomic E-state index is 13.6. The molecule has 1 unspecified atom stereocenters. The third kappa shape index (κ3) is 11.0. The molecule has 4 rings (SSSR count). The van der Waals surface area contributed by atoms with Gasteiger partial charge in [-0.2, -0.15) is 0 Å². The molecular formula is C35H30Br2O8. The minimum Gasteiger partial charge on any atom is -0.461 e. The highest BCUT2D eigenvalue weighted by Crippen LogP contribution is 2.25. The van der Waals surface area contributed by atoms with Crippen molar-refractivity contribution < 1.29 is 38.1 Å². The molecule has 0 radical (unpaired) electrons. The third-order valence-corrected chi connectivity index (χ3v) is 7.71. The highest BCUT2D eigenvalue weighted by Gasteiger charge is 2.44. The van der Waals surface area contributed by atoms with Crippen molar-refractivity contribution >= 4 is 55.7 Å². The number of hydrogen-bond acceptors (Lipinski definition) is 8. The van der Waals surface area contributed by atoms with Gasteiger partial charge in [-0.25, -0.2) is 0 Å². The van der Waals surface area contributed by atoms with Crippen LogP contribution in [0.1, 0.15) is 28.7 Å². The summed E-state index contributed by atoms with van der Waals surface area (Å²) < 4.78 is 23.6. The Hall–Kier alpha value is -4.28. The topological polar surface area (TPSA) is 105 Å². The van der Waals surface area contributed by atoms with Gasteiger partial charge in [0.1, 0.15) is 26.4 Å². The Morgan fingerprint density at radius 3 is 1.24 bits per heavy atom. The Bertz CT molecular complexity index is 1500. The normalized spacial score (nSPS) is 11.4. The molecule has 0 saturated heterocycles. The number of hydrogen-bond donors (Lipinski definition) is 0. The molecule has 232 valence electrons. The predicted molar refractivity (Wildman–Crippen MR) is 172 cm³/mol. The van der Waals surface area contributed by atoms with E-state index in [0.29, 0.717) is 22.3 Å². The molecule has 4 aromatic carbocycles. The third-order valence-electron chi connectivity index (χ3n) is 6.65. The van der Waals surface area contributed by atoms with Crippen molar-refractivity contribution in [1.82, 2.24) is 0 Å². The summed E-state index contributed by atoms with van der Waals surface area (Å²) in [6.07, 6.45) is -0.624. The van der Waals surface area contributed by atoms with Crippen LogP contribution in [-0.4, -0.2) is 23.9 Å². The number of rotatable bonds is 14. The second-order valence-corrected chi connectivity index (χ2v) is 11.8. The summed E-state index contributed by atoms with van der Waals surface area (Å²) in [4.78, 5) is 53.7. The maximum absolute atomic E-state index is 13.6. The molecule has 0 bridgehead atoms. The number of ether oxygens (including phenoxy) is 4. The van der Waals surface area contributed by atoms with Gasteiger partial charge in [0.2, 0.25) is 0 Å². The first-order chi connectivity index (χ1) is 21.8. The van der Waals surface area contributed by atoms with E-state index in [9.17, 15) is 19.2 Å². The molecule has 8 nitrogen and oxygen atoms in total. The fourth-order valence-electron chi connectivity index (χ4n) is 4.22. The zero-order chi connectivity index (χ0) is 32.0. The number of benzene rings is 4. The van der Waals surface area contributed by atoms with E-state index in [4.69, 9.17) is 18.9 Å². The average molecular weight is 738 g/mol. The fraction of sp³-hybridized carbons (Fsp3) is 0.200. The molecule has 4 aromatic rings. The summed E-state index contributed by atoms with van der Waals surface area (Å²) in [5, 5.41) is 0. The van der Waals surface area contributed by atoms with Crippen molar-refractivity contribution in [3.63, 3.8) is 0 Å². The smallest absolute Gasteiger partial charge is 0.321 e. The van der Waals surface area contributed by atoms with E-state index >= 15 is 0 Å². The molecule has 0 aliphatic rings. The molecule has 0 aromatic heterocycles. The molecule has 10 heteroatoms. The summed E-state index contributed by atoms with van der Waals surface area (Å²) in [5.74, 6) is -7.18. The lowest BCUT2D eigenvalue weighted by Crippen LogP contribution is -2.40. The highest BCUT2D eigenvalue weighted by molar-refractivity contribution is 9.10. The van der Waals surface area contributed by atoms with E-state index in [1.54, 1.807) is 97.1 Å². The minimum absolute atomic E-state index is 0.0751. The Morgan fingerprint density at radius 2 is 0.822 bits per heavy atom. The van der Waals surface area contributed by atoms with Gasteiger partial charge in [0.25, 0.3) is 0 Å². The van der Waals surface area contributed by atoms with Crippen molar-refractivity contribution in [1.29, 1.82) is 0 Å². The fourth-order valence-corrected chi connectivity index (χ4v) is 4.75. The molecule has 0 saturated carbocycles. The van der Waals surface area contributed by atoms with Crippen LogP contribution < -0.4 is 0 Å². The van der Waals surface area contributed by atoms with Gasteiger partial charge in [0.05, 0.1) is 12.3 Å². The lowest BCUT2D eigenvalue weighted by molar-refractivity contribution is -0.175. The number of carbonyl (C=O) groups is 4. The van der Waals surface area contributed by atoms with Crippen LogP contribution in [-0.2, 0) is 64.6 Å². The zero-order valence-corrected chi connectivity index (χ0v) is 27.3. The van der Waals surface area contributed by atoms with Crippen LogP contribution in [0.4, 0.5) is 0 Å². The Kier molecular flexibility index (Phi) is 12.9. The van der Waals surface area contributed by atoms with Gasteiger partial charge in [0, 0.05) is 8.95 Å². The zero-order valence-electron chi connectivity index (χ0n) is 24.1. The van der Waals surface area contributed by atoms with Gasteiger partial charge in [-0.1, -0.05) is 117 Å². The standard InChI is InChI=1S/C35H30Br2O8/c36-28-15-11-26(12-16-28)20-42-31(38)19-30(33(39)43-23-27-13-17-29(37)18-14-27)32(34(40)44-21-24-7-3-1-4-8-24)35(41)45-22-25-9-5-2-6-10-25/h1-18,30,32H,19-23H2. The van der Waals surface area contributed by atoms with Crippen molar-refractivity contribution in [3.05, 3.63) is 140 Å². The first-order valence-electron chi connectivity index (χ1n) is 14.0. The van der Waals surface area contributed by atoms with Gasteiger partial charge >= 0.3 is 23.9 Å². The van der Waals surface area contributed by atoms with E-state index in [1.807, 2.05) is 12.1 Å². The Morgan fingerprint density at radius 1 is 0.467 bits per heavy atom. The van der Waals surface area contributed by atoms with Gasteiger partial charge in [-0.05, 0) is 46.5 Å². The molecule has 45 heavy (non-hydrogen) atoms. The number of carbonyl (C=O) groups excluding carboxylic acids is 4. The number of halogens is 2. The van der Waals surface area contributed by atoms with Crippen molar-refractivity contribution in [3.8, 4) is 0 Å². The largest absolute Gasteiger partial charge is 0.461 e. The van der Waals surface area contributed by atoms with Crippen LogP contribution in [0, 0.1) is 11.8 Å². The van der Waals surface area contributed by atoms with Crippen LogP contribution >= 0.6 is 31.9 Å². The van der Waals surface area contributed by atoms with E-state index in [-0.39, 0.29) is 26.4 Å². The molecule has 0 heterocycles. The lowest BCUT2D eigenvalue weighted by atomic mass is 9.89. The molecule has 1 atom stereocenters. The van der Waals surface area contributed by atoms with Crippen molar-refractivity contribution in [2.75, 3.05) is 0 Å². The van der Waals surface area contributed by atoms with Gasteiger partial charge < -0.3 is 18.9 Å². The van der Waals surface area contributed by atoms with Gasteiger partial charge in [-0.3, -0.25) is 19.2 Å². The van der Waals surface area contributed by atoms with Crippen molar-refractivity contribution in [2.45, 2.75) is 32.8 Å². The Balaban J connectivity index is 1.56. The van der Waals surface area contributed by atoms with E-state index < -0.39 is 42.1 Å². The molecule has 0 amide bonds. The van der Waals surface area contributed by atoms with Crippen molar-refractivity contribution in [2.24, 2.45) is 11.8 Å². The second kappa shape index (κ2) is 17.3. The minimum atomic E-state index is -1.80. The van der Waals surface area contributed by atoms with E-state index in [0.717, 1.165) is 8.95 Å². The summed E-state index contributed by atoms with van der Waals surface area (Å²) in [5.41, 5.74) is 2.72. The first-order valence-corrected chi connectivity index (χ1v) is 15.6. The van der Waals surface area contributed by atoms with Crippen LogP contribution in [0.15, 0.2) is 118 Å². The lowest BCUT2D eigenvalue weighted by Gasteiger charge is -2.23. The van der Waals surface area contributed by atoms with Gasteiger partial charge in [0.15, 0.2) is 5.92 Å². The van der Waals surface area contributed by atoms with E-state index in [1.165, 1.54) is 0 Å². The van der Waals surface area contributed by atoms with Crippen LogP contribution in [0.5, 0.6) is 0 Å². The summed E-state index contributed by atoms with van der Waals surface area (Å²) in [7, 11) is 0. The molecule has 0 fully saturated rings. The first kappa shape index (κ1) is 33.6. The molecule has 0 aliphatic heterocycles. The predicted octanol–water partition coefficient (Wildman–Crippen LogP) is 7.11. The highest BCUT2D eigenvalue weighted by atomic mass is 79.9. The Labute approximate surface area is 277 Å². The molecule has 0 spiro atoms. The SMILES string of the molecule is O=C(CC(C(=O)OCc1ccc(Br)cc1)C(C(=O)OCc1ccccc1)C(=O)OCc1ccccc1)OCc1ccc(Br)cc1.